The monoisotopic (exact) mass is 636 g/mol. The molecule has 43 heavy (non-hydrogen) atoms. The van der Waals surface area contributed by atoms with Crippen molar-refractivity contribution in [3.8, 4) is 11.5 Å². The average molecular weight is 638 g/mol. The molecule has 0 unspecified atom stereocenters. The Morgan fingerprint density at radius 2 is 1.37 bits per heavy atom. The van der Waals surface area contributed by atoms with Crippen LogP contribution in [0.1, 0.15) is 23.6 Å². The van der Waals surface area contributed by atoms with Crippen LogP contribution in [0.25, 0.3) is 6.08 Å². The van der Waals surface area contributed by atoms with Gasteiger partial charge in [0, 0.05) is 10.0 Å². The molecule has 0 N–H and O–H groups in total. The molecule has 0 atom stereocenters. The van der Waals surface area contributed by atoms with E-state index in [0.717, 1.165) is 25.4 Å². The molecule has 1 fully saturated rings. The van der Waals surface area contributed by atoms with Crippen molar-refractivity contribution in [3.05, 3.63) is 136 Å². The summed E-state index contributed by atoms with van der Waals surface area (Å²) in [6.07, 6.45) is 3.70. The summed E-state index contributed by atoms with van der Waals surface area (Å²) >= 11 is 3.45. The second-order valence-electron chi connectivity index (χ2n) is 9.64. The Morgan fingerprint density at radius 1 is 0.791 bits per heavy atom. The van der Waals surface area contributed by atoms with E-state index in [2.05, 4.69) is 22.5 Å². The summed E-state index contributed by atoms with van der Waals surface area (Å²) in [6, 6.07) is 27.7. The Bertz CT molecular complexity index is 1620. The first-order valence-corrected chi connectivity index (χ1v) is 14.5. The maximum atomic E-state index is 13.8. The number of carbonyl (C=O) groups is 3. The quantitative estimate of drug-likeness (QED) is 0.101. The average Bonchev–Trinajstić information content (AvgIpc) is 3.01. The van der Waals surface area contributed by atoms with Gasteiger partial charge in [0.2, 0.25) is 0 Å². The zero-order valence-corrected chi connectivity index (χ0v) is 25.1. The molecule has 4 aromatic carbocycles. The van der Waals surface area contributed by atoms with Crippen molar-refractivity contribution in [1.82, 2.24) is 0 Å². The second-order valence-corrected chi connectivity index (χ2v) is 10.6. The number of benzene rings is 4. The van der Waals surface area contributed by atoms with Crippen LogP contribution >= 0.6 is 15.9 Å². The molecular weight excluding hydrogens is 608 g/mol. The molecule has 1 aliphatic rings. The number of urea groups is 1. The van der Waals surface area contributed by atoms with Crippen LogP contribution in [0.4, 0.5) is 16.2 Å². The minimum absolute atomic E-state index is 0.164. The smallest absolute Gasteiger partial charge is 0.343 e. The number of halogens is 1. The summed E-state index contributed by atoms with van der Waals surface area (Å²) in [5, 5.41) is 0. The maximum absolute atomic E-state index is 13.8. The summed E-state index contributed by atoms with van der Waals surface area (Å²) in [5.41, 5.74) is 2.85. The minimum Gasteiger partial charge on any atom is -0.490 e. The number of allylic oxidation sites excluding steroid dienone is 1. The van der Waals surface area contributed by atoms with E-state index in [1.54, 1.807) is 72.8 Å². The van der Waals surface area contributed by atoms with Crippen molar-refractivity contribution in [2.45, 2.75) is 20.0 Å². The number of hydrogen-bond acceptors (Lipinski definition) is 5. The molecule has 216 valence electrons. The lowest BCUT2D eigenvalue weighted by molar-refractivity contribution is -0.121. The highest BCUT2D eigenvalue weighted by Crippen LogP contribution is 2.36. The molecule has 0 saturated carbocycles. The molecule has 0 aliphatic carbocycles. The minimum atomic E-state index is -0.747. The highest BCUT2D eigenvalue weighted by molar-refractivity contribution is 9.10. The van der Waals surface area contributed by atoms with Crippen LogP contribution in [0.3, 0.4) is 0 Å². The highest BCUT2D eigenvalue weighted by atomic mass is 79.9. The highest BCUT2D eigenvalue weighted by Gasteiger charge is 2.43. The van der Waals surface area contributed by atoms with Gasteiger partial charge in [-0.25, -0.2) is 14.6 Å². The van der Waals surface area contributed by atoms with Crippen molar-refractivity contribution in [2.75, 3.05) is 16.4 Å². The molecule has 1 aliphatic heterocycles. The number of barbiturate groups is 1. The largest absolute Gasteiger partial charge is 0.490 e. The molecule has 4 amide bonds. The van der Waals surface area contributed by atoms with Gasteiger partial charge >= 0.3 is 6.03 Å². The summed E-state index contributed by atoms with van der Waals surface area (Å²) in [6.45, 7) is 6.44. The first kappa shape index (κ1) is 29.5. The van der Waals surface area contributed by atoms with Gasteiger partial charge in [-0.2, -0.15) is 0 Å². The van der Waals surface area contributed by atoms with E-state index < -0.39 is 17.8 Å². The fourth-order valence-electron chi connectivity index (χ4n) is 4.74. The van der Waals surface area contributed by atoms with Crippen molar-refractivity contribution in [3.63, 3.8) is 0 Å². The number of nitrogens with zero attached hydrogens (tertiary/aromatic N) is 2. The van der Waals surface area contributed by atoms with E-state index in [1.807, 2.05) is 37.3 Å². The van der Waals surface area contributed by atoms with E-state index >= 15 is 0 Å². The Labute approximate surface area is 258 Å². The molecule has 1 heterocycles. The summed E-state index contributed by atoms with van der Waals surface area (Å²) in [7, 11) is 0. The number of rotatable bonds is 10. The van der Waals surface area contributed by atoms with Crippen LogP contribution in [-0.4, -0.2) is 24.5 Å². The SMILES string of the molecule is C=CCc1cc(C=C2C(=O)N(c3ccccc3)C(=O)N(c3ccccc3)C2=O)cc(OCC)c1OCc1ccc(Br)cc1. The molecule has 8 heteroatoms. The molecule has 0 radical (unpaired) electrons. The van der Waals surface area contributed by atoms with Gasteiger partial charge in [0.15, 0.2) is 11.5 Å². The third kappa shape index (κ3) is 6.44. The fourth-order valence-corrected chi connectivity index (χ4v) is 5.01. The zero-order valence-electron chi connectivity index (χ0n) is 23.5. The van der Waals surface area contributed by atoms with Crippen molar-refractivity contribution in [1.29, 1.82) is 0 Å². The van der Waals surface area contributed by atoms with Crippen LogP contribution in [0.15, 0.2) is 120 Å². The number of anilines is 2. The molecule has 7 nitrogen and oxygen atoms in total. The third-order valence-electron chi connectivity index (χ3n) is 6.70. The molecule has 5 rings (SSSR count). The predicted molar refractivity (Wildman–Crippen MR) is 171 cm³/mol. The zero-order chi connectivity index (χ0) is 30.3. The van der Waals surface area contributed by atoms with E-state index in [9.17, 15) is 14.4 Å². The van der Waals surface area contributed by atoms with Crippen LogP contribution < -0.4 is 19.3 Å². The van der Waals surface area contributed by atoms with Gasteiger partial charge in [0.25, 0.3) is 11.8 Å². The Balaban J connectivity index is 1.59. The lowest BCUT2D eigenvalue weighted by Crippen LogP contribution is -2.57. The number of imide groups is 2. The van der Waals surface area contributed by atoms with E-state index in [0.29, 0.717) is 48.1 Å². The van der Waals surface area contributed by atoms with Crippen LogP contribution in [0.5, 0.6) is 11.5 Å². The maximum Gasteiger partial charge on any atom is 0.343 e. The van der Waals surface area contributed by atoms with Gasteiger partial charge in [-0.05, 0) is 79.1 Å². The van der Waals surface area contributed by atoms with Gasteiger partial charge in [0.1, 0.15) is 12.2 Å². The number of hydrogen-bond donors (Lipinski definition) is 0. The Morgan fingerprint density at radius 3 is 1.91 bits per heavy atom. The lowest BCUT2D eigenvalue weighted by atomic mass is 10.0. The summed E-state index contributed by atoms with van der Waals surface area (Å²) in [5.74, 6) is -0.406. The molecule has 0 spiro atoms. The van der Waals surface area contributed by atoms with Crippen LogP contribution in [-0.2, 0) is 22.6 Å². The summed E-state index contributed by atoms with van der Waals surface area (Å²) < 4.78 is 13.2. The van der Waals surface area contributed by atoms with Gasteiger partial charge in [0.05, 0.1) is 18.0 Å². The van der Waals surface area contributed by atoms with Crippen molar-refractivity contribution < 1.29 is 23.9 Å². The second kappa shape index (κ2) is 13.4. The Kier molecular flexibility index (Phi) is 9.17. The van der Waals surface area contributed by atoms with Crippen molar-refractivity contribution in [2.24, 2.45) is 0 Å². The van der Waals surface area contributed by atoms with E-state index in [-0.39, 0.29) is 5.57 Å². The first-order chi connectivity index (χ1) is 20.9. The van der Waals surface area contributed by atoms with E-state index in [1.165, 1.54) is 6.08 Å². The van der Waals surface area contributed by atoms with Crippen LogP contribution in [0, 0.1) is 0 Å². The summed E-state index contributed by atoms with van der Waals surface area (Å²) in [4.78, 5) is 43.3. The fraction of sp³-hybridized carbons (Fsp3) is 0.114. The van der Waals surface area contributed by atoms with Crippen molar-refractivity contribution >= 4 is 51.2 Å². The van der Waals surface area contributed by atoms with Gasteiger partial charge in [-0.3, -0.25) is 9.59 Å². The number of para-hydroxylation sites is 2. The number of ether oxygens (including phenoxy) is 2. The third-order valence-corrected chi connectivity index (χ3v) is 7.23. The lowest BCUT2D eigenvalue weighted by Gasteiger charge is -2.34. The number of amides is 4. The van der Waals surface area contributed by atoms with Gasteiger partial charge < -0.3 is 9.47 Å². The van der Waals surface area contributed by atoms with E-state index in [4.69, 9.17) is 9.47 Å². The Hall–Kier alpha value is -4.95. The molecule has 1 saturated heterocycles. The first-order valence-electron chi connectivity index (χ1n) is 13.7. The standard InChI is InChI=1S/C35H29BrN2O5/c1-3-11-26-20-25(22-31(42-4-2)32(26)43-23-24-16-18-27(36)19-17-24)21-30-33(39)37(28-12-7-5-8-13-28)35(41)38(34(30)40)29-14-9-6-10-15-29/h3,5-10,12-22H,1,4,11,23H2,2H3. The van der Waals surface area contributed by atoms with Gasteiger partial charge in [-0.1, -0.05) is 70.5 Å². The predicted octanol–water partition coefficient (Wildman–Crippen LogP) is 7.74. The number of carbonyl (C=O) groups excluding carboxylic acids is 3. The normalized spacial score (nSPS) is 13.3. The molecule has 4 aromatic rings. The molecule has 0 bridgehead atoms. The molecule has 0 aromatic heterocycles. The van der Waals surface area contributed by atoms with Crippen LogP contribution in [0.2, 0.25) is 0 Å². The topological polar surface area (TPSA) is 76.2 Å². The van der Waals surface area contributed by atoms with Gasteiger partial charge in [-0.15, -0.1) is 6.58 Å². The molecular formula is C35H29BrN2O5.